The minimum absolute atomic E-state index is 0.0625. The van der Waals surface area contributed by atoms with Crippen LogP contribution in [0.3, 0.4) is 0 Å². The summed E-state index contributed by atoms with van der Waals surface area (Å²) in [6, 6.07) is 0. The van der Waals surface area contributed by atoms with Gasteiger partial charge in [0, 0.05) is 6.16 Å². The Morgan fingerprint density at radius 1 is 1.20 bits per heavy atom. The van der Waals surface area contributed by atoms with E-state index in [1.54, 1.807) is 0 Å². The van der Waals surface area contributed by atoms with Gasteiger partial charge in [-0.25, -0.2) is 0 Å². The number of rotatable bonds is 1. The van der Waals surface area contributed by atoms with Crippen molar-refractivity contribution in [1.82, 2.24) is 0 Å². The molecule has 0 radical (unpaired) electrons. The van der Waals surface area contributed by atoms with Crippen LogP contribution in [-0.2, 0) is 4.57 Å². The van der Waals surface area contributed by atoms with E-state index in [-0.39, 0.29) is 6.16 Å². The summed E-state index contributed by atoms with van der Waals surface area (Å²) in [4.78, 5) is 15.9. The van der Waals surface area contributed by atoms with Crippen molar-refractivity contribution >= 4 is 7.60 Å². The highest BCUT2D eigenvalue weighted by Gasteiger charge is 2.05. The summed E-state index contributed by atoms with van der Waals surface area (Å²) in [7, 11) is -3.65. The van der Waals surface area contributed by atoms with Crippen LogP contribution < -0.4 is 0 Å². The first-order valence-corrected chi connectivity index (χ1v) is 5.40. The Hall–Kier alpha value is 0.150. The van der Waals surface area contributed by atoms with Gasteiger partial charge in [0.2, 0.25) is 0 Å². The molecule has 1 rings (SSSR count). The topological polar surface area (TPSA) is 57.5 Å². The Balaban J connectivity index is 0.000000172. The summed E-state index contributed by atoms with van der Waals surface area (Å²) < 4.78 is 9.69. The van der Waals surface area contributed by atoms with Crippen molar-refractivity contribution in [2.24, 2.45) is 0 Å². The zero-order chi connectivity index (χ0) is 8.04. The molecule has 0 aliphatic heterocycles. The predicted molar refractivity (Wildman–Crippen MR) is 41.1 cm³/mol. The van der Waals surface area contributed by atoms with Crippen molar-refractivity contribution in [2.75, 3.05) is 6.16 Å². The lowest BCUT2D eigenvalue weighted by molar-refractivity contribution is 0.375. The molecule has 1 fully saturated rings. The summed E-state index contributed by atoms with van der Waals surface area (Å²) in [5, 5.41) is 0. The molecule has 0 amide bonds. The van der Waals surface area contributed by atoms with Gasteiger partial charge >= 0.3 is 7.60 Å². The Kier molecular flexibility index (Phi) is 4.96. The lowest BCUT2D eigenvalue weighted by Gasteiger charge is -2.05. The lowest BCUT2D eigenvalue weighted by Crippen LogP contribution is -1.85. The van der Waals surface area contributed by atoms with E-state index < -0.39 is 7.60 Å². The SMILES string of the molecule is C1CCC1.CCP(=O)(O)O. The normalized spacial score (nSPS) is 16.7. The standard InChI is InChI=1S/C4H8.C2H7O3P/c1-2-4-3-1;1-2-6(3,4)5/h1-4H2;2H2,1H3,(H2,3,4,5). The zero-order valence-corrected chi connectivity index (χ0v) is 7.18. The van der Waals surface area contributed by atoms with Crippen LogP contribution in [0, 0.1) is 0 Å². The summed E-state index contributed by atoms with van der Waals surface area (Å²) in [5.74, 6) is 0. The Morgan fingerprint density at radius 2 is 1.40 bits per heavy atom. The molecule has 0 aromatic carbocycles. The fourth-order valence-corrected chi connectivity index (χ4v) is 0.250. The molecule has 0 atom stereocenters. The van der Waals surface area contributed by atoms with E-state index in [1.807, 2.05) is 0 Å². The molecule has 0 aromatic rings. The van der Waals surface area contributed by atoms with Gasteiger partial charge in [0.15, 0.2) is 0 Å². The monoisotopic (exact) mass is 166 g/mol. The number of hydrogen-bond acceptors (Lipinski definition) is 1. The average Bonchev–Trinajstić information content (AvgIpc) is 1.59. The van der Waals surface area contributed by atoms with Gasteiger partial charge in [-0.2, -0.15) is 0 Å². The summed E-state index contributed by atoms with van der Waals surface area (Å²) in [6.07, 6.45) is 5.94. The van der Waals surface area contributed by atoms with Crippen LogP contribution in [-0.4, -0.2) is 15.9 Å². The predicted octanol–water partition coefficient (Wildman–Crippen LogP) is 1.74. The second-order valence-corrected chi connectivity index (χ2v) is 4.36. The van der Waals surface area contributed by atoms with Crippen molar-refractivity contribution in [3.05, 3.63) is 0 Å². The number of hydrogen-bond donors (Lipinski definition) is 2. The Morgan fingerprint density at radius 3 is 1.40 bits per heavy atom. The third-order valence-electron chi connectivity index (χ3n) is 1.41. The lowest BCUT2D eigenvalue weighted by atomic mass is 10.0. The molecule has 10 heavy (non-hydrogen) atoms. The Bertz CT molecular complexity index is 110. The fraction of sp³-hybridized carbons (Fsp3) is 1.00. The van der Waals surface area contributed by atoms with Crippen LogP contribution in [0.4, 0.5) is 0 Å². The van der Waals surface area contributed by atoms with Crippen LogP contribution in [0.15, 0.2) is 0 Å². The Labute approximate surface area is 61.6 Å². The first-order chi connectivity index (χ1) is 4.56. The molecular formula is C6H15O3P. The van der Waals surface area contributed by atoms with Gasteiger partial charge in [-0.1, -0.05) is 32.6 Å². The second kappa shape index (κ2) is 4.89. The fourth-order valence-electron chi connectivity index (χ4n) is 0.250. The highest BCUT2D eigenvalue weighted by Crippen LogP contribution is 2.32. The molecule has 0 aromatic heterocycles. The molecule has 4 heteroatoms. The highest BCUT2D eigenvalue weighted by molar-refractivity contribution is 7.51. The first-order valence-electron chi connectivity index (χ1n) is 3.61. The van der Waals surface area contributed by atoms with Crippen molar-refractivity contribution in [2.45, 2.75) is 32.6 Å². The van der Waals surface area contributed by atoms with Crippen LogP contribution in [0.1, 0.15) is 32.6 Å². The van der Waals surface area contributed by atoms with E-state index in [9.17, 15) is 4.57 Å². The third-order valence-corrected chi connectivity index (χ3v) is 2.24. The maximum absolute atomic E-state index is 9.69. The van der Waals surface area contributed by atoms with Gasteiger partial charge in [-0.15, -0.1) is 0 Å². The maximum atomic E-state index is 9.69. The van der Waals surface area contributed by atoms with E-state index in [4.69, 9.17) is 9.79 Å². The summed E-state index contributed by atoms with van der Waals surface area (Å²) in [6.45, 7) is 1.45. The minimum atomic E-state index is -3.65. The zero-order valence-electron chi connectivity index (χ0n) is 6.29. The van der Waals surface area contributed by atoms with E-state index in [1.165, 1.54) is 32.6 Å². The highest BCUT2D eigenvalue weighted by atomic mass is 31.2. The van der Waals surface area contributed by atoms with Crippen LogP contribution in [0.25, 0.3) is 0 Å². The van der Waals surface area contributed by atoms with Crippen LogP contribution in [0.5, 0.6) is 0 Å². The molecular weight excluding hydrogens is 151 g/mol. The van der Waals surface area contributed by atoms with Gasteiger partial charge < -0.3 is 9.79 Å². The van der Waals surface area contributed by atoms with E-state index >= 15 is 0 Å². The third kappa shape index (κ3) is 8.15. The molecule has 0 unspecified atom stereocenters. The molecule has 62 valence electrons. The molecule has 3 nitrogen and oxygen atoms in total. The van der Waals surface area contributed by atoms with Crippen molar-refractivity contribution in [3.63, 3.8) is 0 Å². The van der Waals surface area contributed by atoms with Crippen LogP contribution in [0.2, 0.25) is 0 Å². The van der Waals surface area contributed by atoms with Gasteiger partial charge in [-0.05, 0) is 0 Å². The van der Waals surface area contributed by atoms with E-state index in [2.05, 4.69) is 0 Å². The first kappa shape index (κ1) is 10.2. The van der Waals surface area contributed by atoms with E-state index in [0.717, 1.165) is 0 Å². The van der Waals surface area contributed by atoms with Gasteiger partial charge in [0.25, 0.3) is 0 Å². The quantitative estimate of drug-likeness (QED) is 0.583. The average molecular weight is 166 g/mol. The van der Waals surface area contributed by atoms with Crippen LogP contribution >= 0.6 is 7.60 Å². The van der Waals surface area contributed by atoms with Gasteiger partial charge in [0.05, 0.1) is 0 Å². The smallest absolute Gasteiger partial charge is 0.324 e. The summed E-state index contributed by atoms with van der Waals surface area (Å²) in [5.41, 5.74) is 0. The van der Waals surface area contributed by atoms with Crippen molar-refractivity contribution in [1.29, 1.82) is 0 Å². The minimum Gasteiger partial charge on any atom is -0.324 e. The van der Waals surface area contributed by atoms with E-state index in [0.29, 0.717) is 0 Å². The molecule has 0 saturated heterocycles. The van der Waals surface area contributed by atoms with Crippen molar-refractivity contribution in [3.8, 4) is 0 Å². The summed E-state index contributed by atoms with van der Waals surface area (Å²) >= 11 is 0. The molecule has 0 bridgehead atoms. The molecule has 0 spiro atoms. The van der Waals surface area contributed by atoms with Gasteiger partial charge in [-0.3, -0.25) is 4.57 Å². The van der Waals surface area contributed by atoms with Gasteiger partial charge in [0.1, 0.15) is 0 Å². The molecule has 1 aliphatic carbocycles. The molecule has 1 saturated carbocycles. The molecule has 0 heterocycles. The molecule has 2 N–H and O–H groups in total. The second-order valence-electron chi connectivity index (χ2n) is 2.40. The molecule has 1 aliphatic rings. The largest absolute Gasteiger partial charge is 0.325 e. The maximum Gasteiger partial charge on any atom is 0.325 e. The van der Waals surface area contributed by atoms with Crippen molar-refractivity contribution < 1.29 is 14.4 Å².